The Morgan fingerprint density at radius 1 is 0.966 bits per heavy atom. The van der Waals surface area contributed by atoms with E-state index < -0.39 is 71.7 Å². The molecule has 0 unspecified atom stereocenters. The van der Waals surface area contributed by atoms with E-state index in [2.05, 4.69) is 31.3 Å². The zero-order valence-electron chi connectivity index (χ0n) is 37.1. The van der Waals surface area contributed by atoms with Crippen molar-refractivity contribution in [2.75, 3.05) is 34.9 Å². The summed E-state index contributed by atoms with van der Waals surface area (Å²) in [6, 6.07) is 4.95. The first kappa shape index (κ1) is 49.9. The van der Waals surface area contributed by atoms with E-state index in [1.54, 1.807) is 32.8 Å². The minimum atomic E-state index is -1.17. The minimum Gasteiger partial charge on any atom is -0.379 e. The number of methoxy groups -OCH3 is 2. The second kappa shape index (κ2) is 23.4. The fourth-order valence-corrected chi connectivity index (χ4v) is 7.89. The van der Waals surface area contributed by atoms with Gasteiger partial charge in [-0.3, -0.25) is 24.0 Å². The number of ether oxygens (including phenoxy) is 2. The number of nitrogens with zero attached hydrogens (tertiary/aromatic N) is 5. The van der Waals surface area contributed by atoms with Gasteiger partial charge in [0.15, 0.2) is 0 Å². The SMILES string of the molecule is CC[C@H](C)[C@@H]([C@@H](CC(=O)N1CCC[C@H]1[C@H](OC)[C@@H](C)C(=O)N[C@@H](Cc1ccccc1)C(=O)NC(C)(C)C)OC)N(C)C(=O)[C@@H](NC(=O)[C@@H](NC)C(C)C)[C@H](C)N=[N+]=[N-]. The summed E-state index contributed by atoms with van der Waals surface area (Å²) in [6.45, 7) is 17.1. The molecule has 58 heavy (non-hydrogen) atoms. The number of benzene rings is 1. The molecule has 1 aromatic rings. The van der Waals surface area contributed by atoms with Crippen LogP contribution in [0, 0.1) is 17.8 Å². The molecular weight excluding hydrogens is 743 g/mol. The second-order valence-corrected chi connectivity index (χ2v) is 17.0. The summed E-state index contributed by atoms with van der Waals surface area (Å²) in [5.41, 5.74) is 9.63. The molecule has 0 bridgehead atoms. The lowest BCUT2D eigenvalue weighted by molar-refractivity contribution is -0.147. The van der Waals surface area contributed by atoms with Gasteiger partial charge < -0.3 is 40.5 Å². The number of carbonyl (C=O) groups is 5. The first-order chi connectivity index (χ1) is 27.3. The zero-order chi connectivity index (χ0) is 43.9. The van der Waals surface area contributed by atoms with Crippen LogP contribution >= 0.6 is 0 Å². The third-order valence-electron chi connectivity index (χ3n) is 11.2. The van der Waals surface area contributed by atoms with Crippen molar-refractivity contribution in [2.24, 2.45) is 22.9 Å². The van der Waals surface area contributed by atoms with Gasteiger partial charge in [-0.2, -0.15) is 0 Å². The Balaban J connectivity index is 2.35. The Morgan fingerprint density at radius 3 is 2.12 bits per heavy atom. The molecule has 326 valence electrons. The van der Waals surface area contributed by atoms with Gasteiger partial charge >= 0.3 is 0 Å². The molecule has 1 saturated heterocycles. The maximum absolute atomic E-state index is 14.3. The lowest BCUT2D eigenvalue weighted by atomic mass is 9.89. The van der Waals surface area contributed by atoms with Gasteiger partial charge in [0.25, 0.3) is 0 Å². The van der Waals surface area contributed by atoms with Gasteiger partial charge in [-0.25, -0.2) is 0 Å². The monoisotopic (exact) mass is 814 g/mol. The number of likely N-dealkylation sites (tertiary alicyclic amines) is 1. The Bertz CT molecular complexity index is 1550. The van der Waals surface area contributed by atoms with Crippen LogP contribution in [0.25, 0.3) is 10.4 Å². The van der Waals surface area contributed by atoms with E-state index >= 15 is 0 Å². The van der Waals surface area contributed by atoms with Crippen molar-refractivity contribution < 1.29 is 33.4 Å². The molecule has 4 N–H and O–H groups in total. The molecule has 10 atom stereocenters. The maximum Gasteiger partial charge on any atom is 0.245 e. The third-order valence-corrected chi connectivity index (χ3v) is 11.2. The Hall–Kier alpha value is -4.24. The molecule has 5 amide bonds. The Kier molecular flexibility index (Phi) is 20.1. The summed E-state index contributed by atoms with van der Waals surface area (Å²) < 4.78 is 12.0. The summed E-state index contributed by atoms with van der Waals surface area (Å²) in [5.74, 6) is -2.70. The van der Waals surface area contributed by atoms with Crippen molar-refractivity contribution in [3.63, 3.8) is 0 Å². The van der Waals surface area contributed by atoms with Crippen molar-refractivity contribution in [3.8, 4) is 0 Å². The molecule has 16 heteroatoms. The molecule has 0 aromatic heterocycles. The van der Waals surface area contributed by atoms with Gasteiger partial charge in [0.2, 0.25) is 29.5 Å². The number of hydrogen-bond donors (Lipinski definition) is 4. The van der Waals surface area contributed by atoms with Gasteiger partial charge in [-0.05, 0) is 63.6 Å². The van der Waals surface area contributed by atoms with Crippen molar-refractivity contribution >= 4 is 29.5 Å². The topological polar surface area (TPSA) is 207 Å². The number of hydrogen-bond acceptors (Lipinski definition) is 9. The van der Waals surface area contributed by atoms with Crippen LogP contribution in [0.5, 0.6) is 0 Å². The van der Waals surface area contributed by atoms with E-state index in [0.29, 0.717) is 32.2 Å². The fraction of sp³-hybridized carbons (Fsp3) is 0.738. The first-order valence-electron chi connectivity index (χ1n) is 20.6. The molecule has 0 spiro atoms. The van der Waals surface area contributed by atoms with Gasteiger partial charge in [-0.1, -0.05) is 83.4 Å². The number of azide groups is 1. The van der Waals surface area contributed by atoms with E-state index in [1.165, 1.54) is 19.1 Å². The zero-order valence-corrected chi connectivity index (χ0v) is 37.1. The van der Waals surface area contributed by atoms with Gasteiger partial charge in [-0.15, -0.1) is 0 Å². The number of amides is 5. The molecule has 1 heterocycles. The highest BCUT2D eigenvalue weighted by Crippen LogP contribution is 2.30. The van der Waals surface area contributed by atoms with E-state index in [9.17, 15) is 29.5 Å². The molecule has 16 nitrogen and oxygen atoms in total. The summed E-state index contributed by atoms with van der Waals surface area (Å²) in [5, 5.41) is 15.5. The summed E-state index contributed by atoms with van der Waals surface area (Å²) in [7, 11) is 6.30. The van der Waals surface area contributed by atoms with Crippen LogP contribution in [-0.2, 0) is 39.9 Å². The molecule has 0 radical (unpaired) electrons. The highest BCUT2D eigenvalue weighted by molar-refractivity contribution is 5.91. The van der Waals surface area contributed by atoms with Gasteiger partial charge in [0.05, 0.1) is 48.7 Å². The highest BCUT2D eigenvalue weighted by atomic mass is 16.5. The Labute approximate surface area is 345 Å². The van der Waals surface area contributed by atoms with Crippen LogP contribution in [0.3, 0.4) is 0 Å². The predicted octanol–water partition coefficient (Wildman–Crippen LogP) is 3.98. The summed E-state index contributed by atoms with van der Waals surface area (Å²) in [4.78, 5) is 75.4. The Morgan fingerprint density at radius 2 is 1.60 bits per heavy atom. The molecule has 0 saturated carbocycles. The standard InChI is InChI=1S/C42H71N9O7/c1-14-26(4)36(50(11)41(56)35(28(6)48-49-43)46-40(55)34(44-10)25(2)3)32(57-12)24-33(52)51-22-18-21-31(51)37(58-13)27(5)38(53)45-30(39(54)47-42(7,8)9)23-29-19-16-15-17-20-29/h15-17,19-20,25-28,30-32,34-37,44H,14,18,21-24H2,1-13H3,(H,45,53)(H,46,55)(H,47,54)/t26-,27+,28-,30-,31-,32+,34-,35-,36-,37+/m0/s1. The van der Waals surface area contributed by atoms with Gasteiger partial charge in [0.1, 0.15) is 12.1 Å². The largest absolute Gasteiger partial charge is 0.379 e. The van der Waals surface area contributed by atoms with Crippen LogP contribution in [0.15, 0.2) is 35.4 Å². The second-order valence-electron chi connectivity index (χ2n) is 17.0. The third kappa shape index (κ3) is 14.0. The lowest BCUT2D eigenvalue weighted by Crippen LogP contribution is -2.60. The number of carbonyl (C=O) groups excluding carboxylic acids is 5. The smallest absolute Gasteiger partial charge is 0.245 e. The molecule has 1 aliphatic rings. The van der Waals surface area contributed by atoms with Crippen molar-refractivity contribution in [2.45, 2.75) is 148 Å². The molecule has 1 fully saturated rings. The van der Waals surface area contributed by atoms with E-state index in [1.807, 2.05) is 78.8 Å². The van der Waals surface area contributed by atoms with E-state index in [-0.39, 0.29) is 36.0 Å². The van der Waals surface area contributed by atoms with Crippen LogP contribution < -0.4 is 21.3 Å². The number of likely N-dealkylation sites (N-methyl/N-ethyl adjacent to an activating group) is 2. The average Bonchev–Trinajstić information content (AvgIpc) is 3.65. The quantitative estimate of drug-likeness (QED) is 0.0764. The summed E-state index contributed by atoms with van der Waals surface area (Å²) in [6.07, 6.45) is 0.760. The van der Waals surface area contributed by atoms with Crippen LogP contribution in [0.4, 0.5) is 0 Å². The number of rotatable bonds is 22. The molecule has 1 aliphatic heterocycles. The summed E-state index contributed by atoms with van der Waals surface area (Å²) >= 11 is 0. The normalized spacial score (nSPS) is 19.0. The first-order valence-corrected chi connectivity index (χ1v) is 20.6. The van der Waals surface area contributed by atoms with Crippen molar-refractivity contribution in [3.05, 3.63) is 46.3 Å². The van der Waals surface area contributed by atoms with Crippen LogP contribution in [0.2, 0.25) is 0 Å². The highest BCUT2D eigenvalue weighted by Gasteiger charge is 2.43. The van der Waals surface area contributed by atoms with E-state index in [4.69, 9.17) is 9.47 Å². The lowest BCUT2D eigenvalue weighted by Gasteiger charge is -2.41. The molecule has 1 aromatic carbocycles. The van der Waals surface area contributed by atoms with Crippen LogP contribution in [-0.4, -0.2) is 128 Å². The molecule has 2 rings (SSSR count). The fourth-order valence-electron chi connectivity index (χ4n) is 7.89. The predicted molar refractivity (Wildman–Crippen MR) is 224 cm³/mol. The van der Waals surface area contributed by atoms with Crippen LogP contribution in [0.1, 0.15) is 93.6 Å². The molecule has 0 aliphatic carbocycles. The van der Waals surface area contributed by atoms with Gasteiger partial charge in [0, 0.05) is 44.7 Å². The minimum absolute atomic E-state index is 0.0686. The van der Waals surface area contributed by atoms with Crippen molar-refractivity contribution in [1.82, 2.24) is 31.1 Å². The van der Waals surface area contributed by atoms with Crippen molar-refractivity contribution in [1.29, 1.82) is 0 Å². The average molecular weight is 814 g/mol. The number of nitrogens with one attached hydrogen (secondary N) is 4. The maximum atomic E-state index is 14.3. The molecular formula is C42H71N9O7. The van der Waals surface area contributed by atoms with E-state index in [0.717, 1.165) is 5.56 Å².